The van der Waals surface area contributed by atoms with Crippen molar-refractivity contribution in [2.24, 2.45) is 0 Å². The maximum Gasteiger partial charge on any atom is 0.0900 e. The summed E-state index contributed by atoms with van der Waals surface area (Å²) in [6.07, 6.45) is 0. The Morgan fingerprint density at radius 2 is 1.80 bits per heavy atom. The van der Waals surface area contributed by atoms with Crippen LogP contribution in [0.4, 0.5) is 0 Å². The Hall–Kier alpha value is -1.23. The van der Waals surface area contributed by atoms with Crippen LogP contribution in [0.5, 0.6) is 0 Å². The van der Waals surface area contributed by atoms with Crippen molar-refractivity contribution in [3.63, 3.8) is 0 Å². The van der Waals surface area contributed by atoms with E-state index in [1.54, 1.807) is 11.3 Å². The Labute approximate surface area is 125 Å². The van der Waals surface area contributed by atoms with Crippen molar-refractivity contribution < 1.29 is 0 Å². The fourth-order valence-corrected chi connectivity index (χ4v) is 3.18. The number of nitrogens with one attached hydrogen (secondary N) is 1. The fourth-order valence-electron chi connectivity index (χ4n) is 2.27. The highest BCUT2D eigenvalue weighted by atomic mass is 32.1. The quantitative estimate of drug-likeness (QED) is 0.885. The molecule has 0 fully saturated rings. The van der Waals surface area contributed by atoms with Gasteiger partial charge in [0.1, 0.15) is 0 Å². The molecule has 0 atom stereocenters. The second-order valence-corrected chi connectivity index (χ2v) is 6.64. The molecule has 0 unspecified atom stereocenters. The number of benzene rings is 1. The maximum absolute atomic E-state index is 4.47. The topological polar surface area (TPSA) is 28.2 Å². The first-order chi connectivity index (χ1) is 9.56. The van der Waals surface area contributed by atoms with Crippen LogP contribution >= 0.6 is 11.3 Å². The van der Waals surface area contributed by atoms with Gasteiger partial charge in [0.25, 0.3) is 0 Å². The second-order valence-electron chi connectivity index (χ2n) is 5.35. The number of rotatable bonds is 6. The molecule has 0 saturated heterocycles. The lowest BCUT2D eigenvalue weighted by molar-refractivity contribution is 0.400. The van der Waals surface area contributed by atoms with Crippen molar-refractivity contribution in [2.75, 3.05) is 14.1 Å². The summed E-state index contributed by atoms with van der Waals surface area (Å²) in [5, 5.41) is 4.68. The highest BCUT2D eigenvalue weighted by Crippen LogP contribution is 2.17. The zero-order valence-electron chi connectivity index (χ0n) is 12.7. The lowest BCUT2D eigenvalue weighted by atomic mass is 10.1. The minimum Gasteiger partial charge on any atom is -0.308 e. The monoisotopic (exact) mass is 289 g/mol. The fraction of sp³-hybridized carbons (Fsp3) is 0.438. The molecule has 2 rings (SSSR count). The molecule has 20 heavy (non-hydrogen) atoms. The summed E-state index contributed by atoms with van der Waals surface area (Å²) in [5.41, 5.74) is 3.92. The van der Waals surface area contributed by atoms with E-state index >= 15 is 0 Å². The molecule has 3 nitrogen and oxygen atoms in total. The normalized spacial score (nSPS) is 11.2. The van der Waals surface area contributed by atoms with Gasteiger partial charge in [-0.3, -0.25) is 0 Å². The van der Waals surface area contributed by atoms with E-state index in [0.29, 0.717) is 0 Å². The molecule has 0 spiro atoms. The smallest absolute Gasteiger partial charge is 0.0900 e. The van der Waals surface area contributed by atoms with Crippen molar-refractivity contribution in [3.8, 4) is 0 Å². The Morgan fingerprint density at radius 3 is 2.40 bits per heavy atom. The maximum atomic E-state index is 4.47. The van der Waals surface area contributed by atoms with E-state index in [0.717, 1.165) is 30.3 Å². The molecule has 2 aromatic rings. The molecule has 0 aliphatic rings. The molecule has 0 bridgehead atoms. The Balaban J connectivity index is 1.95. The second kappa shape index (κ2) is 6.97. The van der Waals surface area contributed by atoms with Gasteiger partial charge in [-0.15, -0.1) is 11.3 Å². The largest absolute Gasteiger partial charge is 0.308 e. The minimum atomic E-state index is 0.896. The Morgan fingerprint density at radius 1 is 1.10 bits per heavy atom. The standard InChI is InChI=1S/C16H23N3S/c1-12-16(20-13(2)18-12)10-17-9-14-7-5-6-8-15(14)11-19(3)4/h5-8,17H,9-11H2,1-4H3. The van der Waals surface area contributed by atoms with E-state index in [1.807, 2.05) is 0 Å². The minimum absolute atomic E-state index is 0.896. The molecular weight excluding hydrogens is 266 g/mol. The molecule has 0 amide bonds. The third kappa shape index (κ3) is 4.13. The number of nitrogens with zero attached hydrogens (tertiary/aromatic N) is 2. The van der Waals surface area contributed by atoms with Crippen LogP contribution in [-0.2, 0) is 19.6 Å². The molecule has 0 aliphatic carbocycles. The molecule has 108 valence electrons. The van der Waals surface area contributed by atoms with Gasteiger partial charge < -0.3 is 10.2 Å². The predicted octanol–water partition coefficient (Wildman–Crippen LogP) is 3.11. The van der Waals surface area contributed by atoms with Crippen LogP contribution in [0.3, 0.4) is 0 Å². The Bertz CT molecular complexity index is 561. The number of aromatic nitrogens is 1. The summed E-state index contributed by atoms with van der Waals surface area (Å²) < 4.78 is 0. The van der Waals surface area contributed by atoms with Crippen LogP contribution in [0, 0.1) is 13.8 Å². The van der Waals surface area contributed by atoms with E-state index in [2.05, 4.69) is 67.4 Å². The van der Waals surface area contributed by atoms with Gasteiger partial charge in [0, 0.05) is 24.5 Å². The van der Waals surface area contributed by atoms with Crippen LogP contribution in [0.15, 0.2) is 24.3 Å². The van der Waals surface area contributed by atoms with Gasteiger partial charge in [-0.2, -0.15) is 0 Å². The first kappa shape index (κ1) is 15.2. The lowest BCUT2D eigenvalue weighted by Crippen LogP contribution is -2.17. The summed E-state index contributed by atoms with van der Waals surface area (Å²) in [7, 11) is 4.21. The Kier molecular flexibility index (Phi) is 5.29. The number of thiazole rings is 1. The number of hydrogen-bond acceptors (Lipinski definition) is 4. The summed E-state index contributed by atoms with van der Waals surface area (Å²) in [4.78, 5) is 8.01. The highest BCUT2D eigenvalue weighted by Gasteiger charge is 2.06. The lowest BCUT2D eigenvalue weighted by Gasteiger charge is -2.14. The SMILES string of the molecule is Cc1nc(C)c(CNCc2ccccc2CN(C)C)s1. The average molecular weight is 289 g/mol. The third-order valence-corrected chi connectivity index (χ3v) is 4.28. The van der Waals surface area contributed by atoms with Gasteiger partial charge in [-0.05, 0) is 39.1 Å². The van der Waals surface area contributed by atoms with E-state index < -0.39 is 0 Å². The van der Waals surface area contributed by atoms with E-state index in [1.165, 1.54) is 16.0 Å². The first-order valence-corrected chi connectivity index (χ1v) is 7.73. The van der Waals surface area contributed by atoms with E-state index in [4.69, 9.17) is 0 Å². The molecule has 1 heterocycles. The van der Waals surface area contributed by atoms with Crippen molar-refractivity contribution in [1.82, 2.24) is 15.2 Å². The van der Waals surface area contributed by atoms with Gasteiger partial charge in [0.15, 0.2) is 0 Å². The van der Waals surface area contributed by atoms with Gasteiger partial charge in [0.2, 0.25) is 0 Å². The van der Waals surface area contributed by atoms with Gasteiger partial charge in [-0.25, -0.2) is 4.98 Å². The van der Waals surface area contributed by atoms with E-state index in [9.17, 15) is 0 Å². The third-order valence-electron chi connectivity index (χ3n) is 3.21. The van der Waals surface area contributed by atoms with Crippen LogP contribution in [0.2, 0.25) is 0 Å². The molecule has 1 N–H and O–H groups in total. The summed E-state index contributed by atoms with van der Waals surface area (Å²) >= 11 is 1.78. The van der Waals surface area contributed by atoms with Gasteiger partial charge in [0.05, 0.1) is 10.7 Å². The predicted molar refractivity (Wildman–Crippen MR) is 86.0 cm³/mol. The molecule has 0 radical (unpaired) electrons. The molecule has 1 aromatic carbocycles. The zero-order valence-corrected chi connectivity index (χ0v) is 13.5. The number of aryl methyl sites for hydroxylation is 2. The summed E-state index contributed by atoms with van der Waals surface area (Å²) in [6, 6.07) is 8.63. The number of hydrogen-bond donors (Lipinski definition) is 1. The van der Waals surface area contributed by atoms with Crippen LogP contribution in [0.1, 0.15) is 26.7 Å². The average Bonchev–Trinajstić information content (AvgIpc) is 2.69. The molecule has 0 aliphatic heterocycles. The van der Waals surface area contributed by atoms with Crippen LogP contribution in [-0.4, -0.2) is 24.0 Å². The van der Waals surface area contributed by atoms with Gasteiger partial charge >= 0.3 is 0 Å². The van der Waals surface area contributed by atoms with Crippen LogP contribution < -0.4 is 5.32 Å². The van der Waals surface area contributed by atoms with E-state index in [-0.39, 0.29) is 0 Å². The van der Waals surface area contributed by atoms with Crippen molar-refractivity contribution >= 4 is 11.3 Å². The van der Waals surface area contributed by atoms with Crippen molar-refractivity contribution in [3.05, 3.63) is 51.0 Å². The molecule has 0 saturated carbocycles. The van der Waals surface area contributed by atoms with Crippen LogP contribution in [0.25, 0.3) is 0 Å². The van der Waals surface area contributed by atoms with Crippen molar-refractivity contribution in [2.45, 2.75) is 33.5 Å². The zero-order chi connectivity index (χ0) is 14.5. The van der Waals surface area contributed by atoms with Gasteiger partial charge in [-0.1, -0.05) is 24.3 Å². The molecule has 4 heteroatoms. The summed E-state index contributed by atoms with van der Waals surface area (Å²) in [5.74, 6) is 0. The highest BCUT2D eigenvalue weighted by molar-refractivity contribution is 7.11. The molecular formula is C16H23N3S. The summed E-state index contributed by atoms with van der Waals surface area (Å²) in [6.45, 7) is 6.93. The first-order valence-electron chi connectivity index (χ1n) is 6.91. The van der Waals surface area contributed by atoms with Crippen molar-refractivity contribution in [1.29, 1.82) is 0 Å². The molecule has 1 aromatic heterocycles.